The third-order valence-corrected chi connectivity index (χ3v) is 10.0. The van der Waals surface area contributed by atoms with Gasteiger partial charge in [-0.3, -0.25) is 4.79 Å². The molecule has 0 heterocycles. The van der Waals surface area contributed by atoms with Crippen LogP contribution in [0.2, 0.25) is 0 Å². The van der Waals surface area contributed by atoms with Crippen molar-refractivity contribution in [3.8, 4) is 0 Å². The van der Waals surface area contributed by atoms with Crippen molar-refractivity contribution >= 4 is 5.91 Å². The van der Waals surface area contributed by atoms with Gasteiger partial charge in [0.25, 0.3) is 0 Å². The molecular formula is C42H86N2O2. The van der Waals surface area contributed by atoms with Crippen LogP contribution in [0.5, 0.6) is 0 Å². The summed E-state index contributed by atoms with van der Waals surface area (Å²) >= 11 is 0. The first kappa shape index (κ1) is 45.4. The largest absolute Gasteiger partial charge is 0.395 e. The van der Waals surface area contributed by atoms with Gasteiger partial charge in [-0.05, 0) is 45.2 Å². The van der Waals surface area contributed by atoms with Crippen molar-refractivity contribution in [2.24, 2.45) is 0 Å². The molecule has 276 valence electrons. The van der Waals surface area contributed by atoms with Gasteiger partial charge in [0.1, 0.15) is 0 Å². The molecule has 0 radical (unpaired) electrons. The van der Waals surface area contributed by atoms with E-state index in [2.05, 4.69) is 30.6 Å². The van der Waals surface area contributed by atoms with Crippen molar-refractivity contribution in [3.63, 3.8) is 0 Å². The molecule has 0 aromatic carbocycles. The molecule has 4 nitrogen and oxygen atoms in total. The molecule has 46 heavy (non-hydrogen) atoms. The fourth-order valence-corrected chi connectivity index (χ4v) is 6.83. The van der Waals surface area contributed by atoms with E-state index >= 15 is 0 Å². The van der Waals surface area contributed by atoms with Gasteiger partial charge in [-0.15, -0.1) is 0 Å². The Balaban J connectivity index is 3.94. The average Bonchev–Trinajstić information content (AvgIpc) is 3.06. The summed E-state index contributed by atoms with van der Waals surface area (Å²) in [6.45, 7) is 12.1. The standard InChI is InChI=1S/C42H86N2O2/c1-4-7-10-13-16-17-18-19-20-21-22-23-26-31-36-43(40-41-45)37-32-27-24-25-30-35-42(46)44(38-33-28-14-11-8-5-2)39-34-29-15-12-9-6-3/h45H,4-41H2,1-3H3. The second-order valence-corrected chi connectivity index (χ2v) is 14.6. The van der Waals surface area contributed by atoms with E-state index in [1.165, 1.54) is 193 Å². The summed E-state index contributed by atoms with van der Waals surface area (Å²) in [5.41, 5.74) is 0. The van der Waals surface area contributed by atoms with Gasteiger partial charge < -0.3 is 14.9 Å². The highest BCUT2D eigenvalue weighted by molar-refractivity contribution is 5.76. The highest BCUT2D eigenvalue weighted by atomic mass is 16.3. The van der Waals surface area contributed by atoms with Crippen LogP contribution in [0.3, 0.4) is 0 Å². The van der Waals surface area contributed by atoms with Gasteiger partial charge in [0.15, 0.2) is 0 Å². The third-order valence-electron chi connectivity index (χ3n) is 10.0. The normalized spacial score (nSPS) is 11.6. The smallest absolute Gasteiger partial charge is 0.222 e. The molecule has 0 aliphatic carbocycles. The SMILES string of the molecule is CCCCCCCCCCCCCCCCN(CCO)CCCCCCCC(=O)N(CCCCCCCC)CCCCCCCC. The Morgan fingerprint density at radius 3 is 0.978 bits per heavy atom. The quantitative estimate of drug-likeness (QED) is 0.0673. The maximum Gasteiger partial charge on any atom is 0.222 e. The lowest BCUT2D eigenvalue weighted by Gasteiger charge is -2.23. The van der Waals surface area contributed by atoms with E-state index in [1.807, 2.05) is 0 Å². The number of hydrogen-bond donors (Lipinski definition) is 1. The summed E-state index contributed by atoms with van der Waals surface area (Å²) < 4.78 is 0. The molecule has 0 saturated carbocycles. The van der Waals surface area contributed by atoms with E-state index in [9.17, 15) is 9.90 Å². The van der Waals surface area contributed by atoms with Gasteiger partial charge in [-0.2, -0.15) is 0 Å². The number of carbonyl (C=O) groups excluding carboxylic acids is 1. The van der Waals surface area contributed by atoms with Gasteiger partial charge in [-0.25, -0.2) is 0 Å². The highest BCUT2D eigenvalue weighted by Crippen LogP contribution is 2.15. The molecule has 1 amide bonds. The molecule has 0 fully saturated rings. The zero-order valence-corrected chi connectivity index (χ0v) is 32.1. The molecule has 0 aromatic heterocycles. The molecule has 0 bridgehead atoms. The molecule has 1 N–H and O–H groups in total. The first-order chi connectivity index (χ1) is 22.7. The molecule has 0 unspecified atom stereocenters. The maximum atomic E-state index is 13.1. The molecule has 0 rings (SSSR count). The summed E-state index contributed by atoms with van der Waals surface area (Å²) in [5.74, 6) is 0.407. The number of nitrogens with zero attached hydrogens (tertiary/aromatic N) is 2. The molecule has 4 heteroatoms. The summed E-state index contributed by atoms with van der Waals surface area (Å²) in [6, 6.07) is 0. The summed E-state index contributed by atoms with van der Waals surface area (Å²) in [4.78, 5) is 17.8. The summed E-state index contributed by atoms with van der Waals surface area (Å²) in [5, 5.41) is 9.55. The Morgan fingerprint density at radius 1 is 0.370 bits per heavy atom. The Labute approximate surface area is 290 Å². The van der Waals surface area contributed by atoms with Gasteiger partial charge >= 0.3 is 0 Å². The van der Waals surface area contributed by atoms with E-state index in [0.29, 0.717) is 5.91 Å². The summed E-state index contributed by atoms with van der Waals surface area (Å²) in [7, 11) is 0. The number of carbonyl (C=O) groups is 1. The Morgan fingerprint density at radius 2 is 0.652 bits per heavy atom. The first-order valence-corrected chi connectivity index (χ1v) is 21.3. The molecular weight excluding hydrogens is 564 g/mol. The number of aliphatic hydroxyl groups is 1. The van der Waals surface area contributed by atoms with E-state index in [4.69, 9.17) is 0 Å². The van der Waals surface area contributed by atoms with Crippen LogP contribution in [0.4, 0.5) is 0 Å². The lowest BCUT2D eigenvalue weighted by molar-refractivity contribution is -0.131. The van der Waals surface area contributed by atoms with Crippen LogP contribution in [-0.2, 0) is 4.79 Å². The third kappa shape index (κ3) is 33.3. The van der Waals surface area contributed by atoms with Crippen LogP contribution >= 0.6 is 0 Å². The minimum atomic E-state index is 0.273. The van der Waals surface area contributed by atoms with Crippen LogP contribution in [0.1, 0.15) is 226 Å². The predicted octanol–water partition coefficient (Wildman–Crippen LogP) is 12.7. The number of rotatable bonds is 39. The second-order valence-electron chi connectivity index (χ2n) is 14.6. The Hall–Kier alpha value is -0.610. The van der Waals surface area contributed by atoms with Crippen LogP contribution < -0.4 is 0 Å². The monoisotopic (exact) mass is 651 g/mol. The van der Waals surface area contributed by atoms with Crippen molar-refractivity contribution in [1.82, 2.24) is 9.80 Å². The molecule has 0 spiro atoms. The van der Waals surface area contributed by atoms with Gasteiger partial charge in [-0.1, -0.05) is 188 Å². The minimum absolute atomic E-state index is 0.273. The average molecular weight is 651 g/mol. The lowest BCUT2D eigenvalue weighted by Crippen LogP contribution is -2.32. The zero-order valence-electron chi connectivity index (χ0n) is 32.1. The Bertz CT molecular complexity index is 568. The molecule has 0 aliphatic heterocycles. The van der Waals surface area contributed by atoms with Crippen LogP contribution in [0.25, 0.3) is 0 Å². The van der Waals surface area contributed by atoms with E-state index in [1.54, 1.807) is 0 Å². The van der Waals surface area contributed by atoms with Gasteiger partial charge in [0.2, 0.25) is 5.91 Å². The number of aliphatic hydroxyl groups excluding tert-OH is 1. The topological polar surface area (TPSA) is 43.8 Å². The van der Waals surface area contributed by atoms with Crippen LogP contribution in [-0.4, -0.2) is 60.1 Å². The van der Waals surface area contributed by atoms with E-state index in [0.717, 1.165) is 45.6 Å². The molecule has 0 saturated heterocycles. The molecule has 0 aliphatic rings. The lowest BCUT2D eigenvalue weighted by atomic mass is 10.0. The van der Waals surface area contributed by atoms with Crippen LogP contribution in [0.15, 0.2) is 0 Å². The van der Waals surface area contributed by atoms with Crippen molar-refractivity contribution in [3.05, 3.63) is 0 Å². The van der Waals surface area contributed by atoms with Crippen molar-refractivity contribution in [1.29, 1.82) is 0 Å². The predicted molar refractivity (Wildman–Crippen MR) is 205 cm³/mol. The van der Waals surface area contributed by atoms with Gasteiger partial charge in [0.05, 0.1) is 6.61 Å². The minimum Gasteiger partial charge on any atom is -0.395 e. The number of hydrogen-bond acceptors (Lipinski definition) is 3. The number of amides is 1. The van der Waals surface area contributed by atoms with Crippen molar-refractivity contribution in [2.45, 2.75) is 226 Å². The highest BCUT2D eigenvalue weighted by Gasteiger charge is 2.13. The first-order valence-electron chi connectivity index (χ1n) is 21.3. The number of unbranched alkanes of at least 4 members (excludes halogenated alkanes) is 27. The molecule has 0 aromatic rings. The zero-order chi connectivity index (χ0) is 33.6. The second kappa shape index (κ2) is 38.8. The van der Waals surface area contributed by atoms with Crippen LogP contribution in [0, 0.1) is 0 Å². The molecule has 0 atom stereocenters. The fraction of sp³-hybridized carbons (Fsp3) is 0.976. The van der Waals surface area contributed by atoms with E-state index < -0.39 is 0 Å². The Kier molecular flexibility index (Phi) is 38.3. The van der Waals surface area contributed by atoms with Crippen molar-refractivity contribution < 1.29 is 9.90 Å². The van der Waals surface area contributed by atoms with Gasteiger partial charge in [0, 0.05) is 26.1 Å². The fourth-order valence-electron chi connectivity index (χ4n) is 6.83. The maximum absolute atomic E-state index is 13.1. The summed E-state index contributed by atoms with van der Waals surface area (Å²) in [6.07, 6.45) is 41.8. The van der Waals surface area contributed by atoms with E-state index in [-0.39, 0.29) is 6.61 Å². The van der Waals surface area contributed by atoms with Crippen molar-refractivity contribution in [2.75, 3.05) is 39.3 Å².